The van der Waals surface area contributed by atoms with Gasteiger partial charge in [0.05, 0.1) is 17.8 Å². The minimum Gasteiger partial charge on any atom is -0.461 e. The molecule has 12 heteroatoms. The van der Waals surface area contributed by atoms with Gasteiger partial charge in [0.25, 0.3) is 11.8 Å². The smallest absolute Gasteiger partial charge is 0.271 e. The molecule has 2 aliphatic rings. The number of carbonyl (C=O) groups excluding carboxylic acids is 4. The molecule has 5 rings (SSSR count). The van der Waals surface area contributed by atoms with Crippen LogP contribution in [0.15, 0.2) is 52.0 Å². The summed E-state index contributed by atoms with van der Waals surface area (Å²) in [7, 11) is 3.26. The number of guanidine groups is 1. The summed E-state index contributed by atoms with van der Waals surface area (Å²) in [5.41, 5.74) is 7.69. The van der Waals surface area contributed by atoms with Gasteiger partial charge in [-0.15, -0.1) is 12.8 Å². The van der Waals surface area contributed by atoms with Gasteiger partial charge in [-0.05, 0) is 69.0 Å². The van der Waals surface area contributed by atoms with Crippen molar-refractivity contribution < 1.29 is 23.6 Å². The molecule has 2 fully saturated rings. The summed E-state index contributed by atoms with van der Waals surface area (Å²) in [6.45, 7) is 4.68. The maximum absolute atomic E-state index is 12.3. The summed E-state index contributed by atoms with van der Waals surface area (Å²) in [6, 6.07) is 10.2. The lowest BCUT2D eigenvalue weighted by Gasteiger charge is -2.23. The van der Waals surface area contributed by atoms with Crippen molar-refractivity contribution in [3.63, 3.8) is 0 Å². The zero-order valence-electron chi connectivity index (χ0n) is 26.1. The Balaban J connectivity index is 0.000000261. The third-order valence-electron chi connectivity index (χ3n) is 7.22. The fraction of sp³-hybridized carbons (Fsp3) is 0.394. The number of aromatic nitrogens is 1. The molecule has 4 heterocycles. The number of nitrogens with one attached hydrogen (secondary N) is 1. The Kier molecular flexibility index (Phi) is 12.7. The van der Waals surface area contributed by atoms with Gasteiger partial charge >= 0.3 is 0 Å². The van der Waals surface area contributed by atoms with Crippen LogP contribution in [0, 0.1) is 19.8 Å². The number of benzene rings is 1. The first-order chi connectivity index (χ1) is 21.6. The van der Waals surface area contributed by atoms with E-state index in [1.165, 1.54) is 23.2 Å². The Hall–Kier alpha value is -5.18. The maximum atomic E-state index is 12.3. The molecule has 0 radical (unpaired) electrons. The van der Waals surface area contributed by atoms with Crippen molar-refractivity contribution in [3.05, 3.63) is 59.6 Å². The highest BCUT2D eigenvalue weighted by Crippen LogP contribution is 2.24. The van der Waals surface area contributed by atoms with E-state index in [2.05, 4.69) is 28.1 Å². The number of amides is 4. The largest absolute Gasteiger partial charge is 0.461 e. The van der Waals surface area contributed by atoms with Crippen LogP contribution in [-0.2, 0) is 9.59 Å². The van der Waals surface area contributed by atoms with Crippen LogP contribution in [0.3, 0.4) is 0 Å². The predicted molar refractivity (Wildman–Crippen MR) is 173 cm³/mol. The number of nitrogens with zero attached hydrogens (tertiary/aromatic N) is 5. The van der Waals surface area contributed by atoms with Crippen LogP contribution in [-0.4, -0.2) is 89.5 Å². The van der Waals surface area contributed by atoms with E-state index in [0.29, 0.717) is 18.7 Å². The second-order valence-electron chi connectivity index (χ2n) is 10.9. The molecule has 0 atom stereocenters. The second kappa shape index (κ2) is 16.6. The molecule has 2 aromatic heterocycles. The molecule has 4 amide bonds. The fourth-order valence-electron chi connectivity index (χ4n) is 4.91. The van der Waals surface area contributed by atoms with Crippen molar-refractivity contribution >= 4 is 46.2 Å². The number of pyridine rings is 1. The minimum atomic E-state index is -0.465. The number of likely N-dealkylation sites (tertiary alicyclic amines) is 2. The van der Waals surface area contributed by atoms with Gasteiger partial charge in [-0.25, -0.2) is 4.99 Å². The molecular weight excluding hydrogens is 574 g/mol. The summed E-state index contributed by atoms with van der Waals surface area (Å²) in [6.07, 6.45) is 15.3. The Morgan fingerprint density at radius 1 is 1.02 bits per heavy atom. The third-order valence-corrected chi connectivity index (χ3v) is 7.22. The van der Waals surface area contributed by atoms with Gasteiger partial charge in [0.1, 0.15) is 17.0 Å². The lowest BCUT2D eigenvalue weighted by molar-refractivity contribution is -0.139. The number of aliphatic imine (C=N–C) groups is 1. The third kappa shape index (κ3) is 9.92. The lowest BCUT2D eigenvalue weighted by Crippen LogP contribution is -2.41. The van der Waals surface area contributed by atoms with Gasteiger partial charge in [0.15, 0.2) is 0 Å². The highest BCUT2D eigenvalue weighted by Gasteiger charge is 2.24. The van der Waals surface area contributed by atoms with Crippen LogP contribution < -0.4 is 11.1 Å². The van der Waals surface area contributed by atoms with Crippen LogP contribution in [0.25, 0.3) is 11.0 Å². The SMILES string of the molecule is C#C.Cc1cc2cc(N=C(N)NC(=O)c3ccc(C(=O)N(C)C)nc3)ccc2o1.O=C(CN1CCCCCC1=O)N1CCCC1. The molecule has 238 valence electrons. The maximum Gasteiger partial charge on any atom is 0.271 e. The highest BCUT2D eigenvalue weighted by molar-refractivity contribution is 6.06. The summed E-state index contributed by atoms with van der Waals surface area (Å²) in [5, 5.41) is 3.40. The Morgan fingerprint density at radius 2 is 1.73 bits per heavy atom. The number of nitrogens with two attached hydrogens (primary N) is 1. The average molecular weight is 616 g/mol. The zero-order chi connectivity index (χ0) is 32.9. The summed E-state index contributed by atoms with van der Waals surface area (Å²) >= 11 is 0. The van der Waals surface area contributed by atoms with E-state index in [9.17, 15) is 19.2 Å². The monoisotopic (exact) mass is 615 g/mol. The number of terminal acetylenes is 1. The van der Waals surface area contributed by atoms with Gasteiger partial charge < -0.3 is 24.9 Å². The molecule has 0 spiro atoms. The minimum absolute atomic E-state index is 0.0481. The molecule has 3 aromatic rings. The van der Waals surface area contributed by atoms with Crippen molar-refractivity contribution in [3.8, 4) is 12.8 Å². The predicted octanol–water partition coefficient (Wildman–Crippen LogP) is 3.48. The van der Waals surface area contributed by atoms with Crippen molar-refractivity contribution in [2.75, 3.05) is 40.3 Å². The van der Waals surface area contributed by atoms with E-state index in [4.69, 9.17) is 10.2 Å². The molecule has 2 saturated heterocycles. The van der Waals surface area contributed by atoms with E-state index >= 15 is 0 Å². The standard InChI is InChI=1S/C19H19N5O3.C12H20N2O2.C2H2/c1-11-8-13-9-14(5-7-16(13)27-11)22-19(20)23-17(25)12-4-6-15(21-10-12)18(26)24(2)3;15-11-6-2-1-3-9-14(11)10-12(16)13-7-4-5-8-13;1-2/h4-10H,1-3H3,(H3,20,22,23,25);1-10H2;1-2H. The Bertz CT molecular complexity index is 1540. The lowest BCUT2D eigenvalue weighted by atomic mass is 10.2. The van der Waals surface area contributed by atoms with Gasteiger partial charge in [-0.1, -0.05) is 6.42 Å². The van der Waals surface area contributed by atoms with Crippen LogP contribution in [0.2, 0.25) is 0 Å². The summed E-state index contributed by atoms with van der Waals surface area (Å²) in [5.74, 6) is 0.336. The molecule has 0 aliphatic carbocycles. The number of fused-ring (bicyclic) bond motifs is 1. The highest BCUT2D eigenvalue weighted by atomic mass is 16.3. The van der Waals surface area contributed by atoms with Crippen LogP contribution >= 0.6 is 0 Å². The molecule has 45 heavy (non-hydrogen) atoms. The number of furan rings is 1. The molecule has 0 bridgehead atoms. The van der Waals surface area contributed by atoms with E-state index in [1.807, 2.05) is 24.0 Å². The molecule has 0 unspecified atom stereocenters. The van der Waals surface area contributed by atoms with E-state index in [-0.39, 0.29) is 34.9 Å². The summed E-state index contributed by atoms with van der Waals surface area (Å²) < 4.78 is 5.51. The number of rotatable bonds is 5. The molecule has 3 N–H and O–H groups in total. The fourth-order valence-corrected chi connectivity index (χ4v) is 4.91. The Morgan fingerprint density at radius 3 is 2.40 bits per heavy atom. The average Bonchev–Trinajstić information content (AvgIpc) is 3.65. The number of hydrogen-bond acceptors (Lipinski definition) is 7. The van der Waals surface area contributed by atoms with Gasteiger partial charge in [0.2, 0.25) is 17.8 Å². The molecular formula is C33H41N7O5. The quantitative estimate of drug-likeness (QED) is 0.253. The van der Waals surface area contributed by atoms with Crippen LogP contribution in [0.1, 0.15) is 65.1 Å². The molecule has 2 aliphatic heterocycles. The van der Waals surface area contributed by atoms with Crippen molar-refractivity contribution in [1.29, 1.82) is 0 Å². The van der Waals surface area contributed by atoms with Gasteiger partial charge in [-0.2, -0.15) is 0 Å². The van der Waals surface area contributed by atoms with Gasteiger partial charge in [0, 0.05) is 51.7 Å². The van der Waals surface area contributed by atoms with Crippen LogP contribution in [0.4, 0.5) is 5.69 Å². The van der Waals surface area contributed by atoms with E-state index in [0.717, 1.165) is 68.5 Å². The second-order valence-corrected chi connectivity index (χ2v) is 10.9. The van der Waals surface area contributed by atoms with E-state index < -0.39 is 5.91 Å². The summed E-state index contributed by atoms with van der Waals surface area (Å²) in [4.78, 5) is 60.9. The van der Waals surface area contributed by atoms with E-state index in [1.54, 1.807) is 31.1 Å². The first-order valence-electron chi connectivity index (χ1n) is 14.8. The topological polar surface area (TPSA) is 154 Å². The van der Waals surface area contributed by atoms with Gasteiger partial charge in [-0.3, -0.25) is 29.5 Å². The first kappa shape index (κ1) is 34.3. The van der Waals surface area contributed by atoms with Crippen molar-refractivity contribution in [1.82, 2.24) is 25.0 Å². The van der Waals surface area contributed by atoms with Crippen LogP contribution in [0.5, 0.6) is 0 Å². The first-order valence-corrected chi connectivity index (χ1v) is 14.8. The Labute approximate surface area is 263 Å². The number of carbonyl (C=O) groups is 4. The van der Waals surface area contributed by atoms with Crippen molar-refractivity contribution in [2.24, 2.45) is 10.7 Å². The number of aryl methyl sites for hydroxylation is 1. The zero-order valence-corrected chi connectivity index (χ0v) is 26.1. The molecule has 1 aromatic carbocycles. The van der Waals surface area contributed by atoms with Crippen molar-refractivity contribution in [2.45, 2.75) is 45.4 Å². The number of hydrogen-bond donors (Lipinski definition) is 2. The normalized spacial score (nSPS) is 14.9. The molecule has 0 saturated carbocycles. The molecule has 12 nitrogen and oxygen atoms in total.